The van der Waals surface area contributed by atoms with E-state index in [9.17, 15) is 9.59 Å². The molecule has 0 aliphatic carbocycles. The minimum atomic E-state index is -0.215. The number of nitrogens with zero attached hydrogens (tertiary/aromatic N) is 2. The minimum absolute atomic E-state index is 0.146. The normalized spacial score (nSPS) is 15.5. The molecule has 1 aliphatic rings. The van der Waals surface area contributed by atoms with Gasteiger partial charge in [0.1, 0.15) is 6.54 Å². The molecule has 5 heteroatoms. The molecule has 0 spiro atoms. The lowest BCUT2D eigenvalue weighted by Gasteiger charge is -2.16. The highest BCUT2D eigenvalue weighted by atomic mass is 32.2. The van der Waals surface area contributed by atoms with Gasteiger partial charge in [0.15, 0.2) is 0 Å². The summed E-state index contributed by atoms with van der Waals surface area (Å²) < 4.78 is 0. The van der Waals surface area contributed by atoms with E-state index in [-0.39, 0.29) is 18.5 Å². The van der Waals surface area contributed by atoms with Crippen LogP contribution < -0.4 is 4.90 Å². The lowest BCUT2D eigenvalue weighted by atomic mass is 10.2. The van der Waals surface area contributed by atoms with E-state index in [1.54, 1.807) is 4.90 Å². The highest BCUT2D eigenvalue weighted by molar-refractivity contribution is 7.98. The molecular formula is C14H18N2O2S. The molecule has 0 atom stereocenters. The highest BCUT2D eigenvalue weighted by Crippen LogP contribution is 2.24. The van der Waals surface area contributed by atoms with Crippen LogP contribution in [0.1, 0.15) is 19.4 Å². The summed E-state index contributed by atoms with van der Waals surface area (Å²) in [7, 11) is 0. The number of hydrogen-bond acceptors (Lipinski definition) is 3. The van der Waals surface area contributed by atoms with Gasteiger partial charge in [0.2, 0.25) is 0 Å². The molecule has 4 nitrogen and oxygen atoms in total. The van der Waals surface area contributed by atoms with Crippen molar-refractivity contribution >= 4 is 29.4 Å². The summed E-state index contributed by atoms with van der Waals surface area (Å²) in [5, 5.41) is 0. The second kappa shape index (κ2) is 6.10. The number of hydrogen-bond donors (Lipinski definition) is 0. The molecule has 1 aliphatic heterocycles. The molecule has 19 heavy (non-hydrogen) atoms. The van der Waals surface area contributed by atoms with Crippen molar-refractivity contribution in [2.24, 2.45) is 0 Å². The number of carbonyl (C=O) groups excluding carboxylic acids is 2. The van der Waals surface area contributed by atoms with Crippen molar-refractivity contribution in [2.75, 3.05) is 23.7 Å². The average molecular weight is 278 g/mol. The quantitative estimate of drug-likeness (QED) is 0.778. The summed E-state index contributed by atoms with van der Waals surface area (Å²) in [4.78, 5) is 26.9. The van der Waals surface area contributed by atoms with Crippen LogP contribution in [0.4, 0.5) is 10.5 Å². The number of anilines is 1. The van der Waals surface area contributed by atoms with Crippen LogP contribution in [-0.2, 0) is 10.5 Å². The van der Waals surface area contributed by atoms with E-state index in [1.165, 1.54) is 4.90 Å². The number of likely N-dealkylation sites (N-methyl/N-ethyl adjacent to an activating group) is 1. The lowest BCUT2D eigenvalue weighted by Crippen LogP contribution is -2.32. The molecule has 1 aromatic carbocycles. The minimum Gasteiger partial charge on any atom is -0.315 e. The fourth-order valence-electron chi connectivity index (χ4n) is 2.06. The zero-order chi connectivity index (χ0) is 13.8. The summed E-state index contributed by atoms with van der Waals surface area (Å²) in [6, 6.07) is 7.45. The topological polar surface area (TPSA) is 40.6 Å². The van der Waals surface area contributed by atoms with Crippen LogP contribution in [0.5, 0.6) is 0 Å². The maximum absolute atomic E-state index is 12.1. The Kier molecular flexibility index (Phi) is 4.47. The van der Waals surface area contributed by atoms with Crippen LogP contribution >= 0.6 is 11.8 Å². The molecule has 1 aromatic rings. The van der Waals surface area contributed by atoms with Crippen LogP contribution in [0.15, 0.2) is 24.3 Å². The van der Waals surface area contributed by atoms with Gasteiger partial charge in [-0.25, -0.2) is 9.69 Å². The second-order valence-electron chi connectivity index (χ2n) is 4.33. The predicted molar refractivity (Wildman–Crippen MR) is 78.4 cm³/mol. The fraction of sp³-hybridized carbons (Fsp3) is 0.429. The molecule has 3 amide bonds. The summed E-state index contributed by atoms with van der Waals surface area (Å²) in [6.07, 6.45) is 0. The van der Waals surface area contributed by atoms with Crippen molar-refractivity contribution < 1.29 is 9.59 Å². The van der Waals surface area contributed by atoms with Gasteiger partial charge in [0.05, 0.1) is 5.69 Å². The third-order valence-electron chi connectivity index (χ3n) is 3.06. The lowest BCUT2D eigenvalue weighted by molar-refractivity contribution is -0.116. The van der Waals surface area contributed by atoms with Gasteiger partial charge in [-0.05, 0) is 30.4 Å². The Labute approximate surface area is 117 Å². The second-order valence-corrected chi connectivity index (χ2v) is 5.61. The van der Waals surface area contributed by atoms with Crippen LogP contribution in [0.25, 0.3) is 0 Å². The molecule has 0 aromatic heterocycles. The first-order valence-electron chi connectivity index (χ1n) is 6.46. The molecule has 102 valence electrons. The maximum Gasteiger partial charge on any atom is 0.331 e. The SMILES string of the molecule is CCSCc1cccc(N2C(=O)CN(CC)C2=O)c1. The van der Waals surface area contributed by atoms with Gasteiger partial charge in [0.25, 0.3) is 5.91 Å². The Morgan fingerprint density at radius 3 is 2.68 bits per heavy atom. The van der Waals surface area contributed by atoms with E-state index in [4.69, 9.17) is 0 Å². The number of imide groups is 1. The number of carbonyl (C=O) groups is 2. The van der Waals surface area contributed by atoms with Crippen molar-refractivity contribution in [1.82, 2.24) is 4.90 Å². The zero-order valence-electron chi connectivity index (χ0n) is 11.3. The Balaban J connectivity index is 2.21. The van der Waals surface area contributed by atoms with Crippen LogP contribution in [0, 0.1) is 0 Å². The van der Waals surface area contributed by atoms with Gasteiger partial charge in [-0.1, -0.05) is 19.1 Å². The van der Waals surface area contributed by atoms with E-state index in [1.807, 2.05) is 43.0 Å². The fourth-order valence-corrected chi connectivity index (χ4v) is 2.68. The van der Waals surface area contributed by atoms with Gasteiger partial charge in [-0.3, -0.25) is 4.79 Å². The first kappa shape index (κ1) is 13.9. The van der Waals surface area contributed by atoms with Gasteiger partial charge >= 0.3 is 6.03 Å². The standard InChI is InChI=1S/C14H18N2O2S/c1-3-15-9-13(17)16(14(15)18)12-7-5-6-11(8-12)10-19-4-2/h5-8H,3-4,9-10H2,1-2H3. The number of rotatable bonds is 5. The van der Waals surface area contributed by atoms with Gasteiger partial charge < -0.3 is 4.90 Å². The first-order valence-corrected chi connectivity index (χ1v) is 7.61. The summed E-state index contributed by atoms with van der Waals surface area (Å²) in [5.41, 5.74) is 1.82. The Bertz CT molecular complexity index is 490. The Hall–Kier alpha value is -1.49. The largest absolute Gasteiger partial charge is 0.331 e. The average Bonchev–Trinajstić information content (AvgIpc) is 2.71. The van der Waals surface area contributed by atoms with E-state index in [0.29, 0.717) is 12.2 Å². The van der Waals surface area contributed by atoms with E-state index in [2.05, 4.69) is 6.92 Å². The van der Waals surface area contributed by atoms with Crippen LogP contribution in [0.3, 0.4) is 0 Å². The molecule has 0 radical (unpaired) electrons. The monoisotopic (exact) mass is 278 g/mol. The van der Waals surface area contributed by atoms with Gasteiger partial charge in [-0.2, -0.15) is 11.8 Å². The third-order valence-corrected chi connectivity index (χ3v) is 4.01. The molecule has 1 heterocycles. The van der Waals surface area contributed by atoms with Crippen LogP contribution in [-0.4, -0.2) is 35.7 Å². The maximum atomic E-state index is 12.1. The van der Waals surface area contributed by atoms with Gasteiger partial charge in [-0.15, -0.1) is 0 Å². The van der Waals surface area contributed by atoms with E-state index >= 15 is 0 Å². The molecule has 0 bridgehead atoms. The number of amides is 3. The summed E-state index contributed by atoms with van der Waals surface area (Å²) in [5.74, 6) is 1.81. The summed E-state index contributed by atoms with van der Waals surface area (Å²) >= 11 is 1.82. The third kappa shape index (κ3) is 2.92. The number of thioether (sulfide) groups is 1. The van der Waals surface area contributed by atoms with Crippen molar-refractivity contribution in [1.29, 1.82) is 0 Å². The van der Waals surface area contributed by atoms with E-state index in [0.717, 1.165) is 17.1 Å². The van der Waals surface area contributed by atoms with Crippen LogP contribution in [0.2, 0.25) is 0 Å². The molecule has 2 rings (SSSR count). The van der Waals surface area contributed by atoms with Crippen molar-refractivity contribution in [2.45, 2.75) is 19.6 Å². The number of benzene rings is 1. The summed E-state index contributed by atoms with van der Waals surface area (Å²) in [6.45, 7) is 4.74. The Morgan fingerprint density at radius 1 is 1.26 bits per heavy atom. The van der Waals surface area contributed by atoms with Gasteiger partial charge in [0, 0.05) is 12.3 Å². The van der Waals surface area contributed by atoms with Crippen molar-refractivity contribution in [3.8, 4) is 0 Å². The Morgan fingerprint density at radius 2 is 2.05 bits per heavy atom. The molecule has 1 fully saturated rings. The molecule has 0 N–H and O–H groups in total. The number of urea groups is 1. The van der Waals surface area contributed by atoms with Crippen molar-refractivity contribution in [3.05, 3.63) is 29.8 Å². The molecule has 0 saturated carbocycles. The zero-order valence-corrected chi connectivity index (χ0v) is 12.1. The van der Waals surface area contributed by atoms with E-state index < -0.39 is 0 Å². The smallest absolute Gasteiger partial charge is 0.315 e. The molecule has 1 saturated heterocycles. The molecule has 0 unspecified atom stereocenters. The van der Waals surface area contributed by atoms with Crippen molar-refractivity contribution in [3.63, 3.8) is 0 Å². The predicted octanol–water partition coefficient (Wildman–Crippen LogP) is 2.73. The molecular weight excluding hydrogens is 260 g/mol. The first-order chi connectivity index (χ1) is 9.17. The highest BCUT2D eigenvalue weighted by Gasteiger charge is 2.36.